The molecular weight excluding hydrogens is 238 g/mol. The first-order valence-corrected chi connectivity index (χ1v) is 7.79. The number of likely N-dealkylation sites (tertiary alicyclic amines) is 1. The molecule has 1 heterocycles. The predicted molar refractivity (Wildman–Crippen MR) is 76.9 cm³/mol. The molecule has 3 heteroatoms. The van der Waals surface area contributed by atoms with Gasteiger partial charge in [0.2, 0.25) is 0 Å². The highest BCUT2D eigenvalue weighted by Gasteiger charge is 2.36. The normalized spacial score (nSPS) is 32.7. The second-order valence-corrected chi connectivity index (χ2v) is 7.44. The number of carbonyl (C=O) groups is 1. The van der Waals surface area contributed by atoms with Crippen molar-refractivity contribution in [3.8, 4) is 0 Å². The summed E-state index contributed by atoms with van der Waals surface area (Å²) in [5.74, 6) is 2.32. The molecule has 2 fully saturated rings. The molecule has 1 aliphatic carbocycles. The van der Waals surface area contributed by atoms with Gasteiger partial charge in [-0.15, -0.1) is 0 Å². The maximum absolute atomic E-state index is 12.0. The first-order valence-electron chi connectivity index (χ1n) is 7.79. The van der Waals surface area contributed by atoms with Gasteiger partial charge in [0, 0.05) is 13.1 Å². The summed E-state index contributed by atoms with van der Waals surface area (Å²) in [6.07, 6.45) is 5.41. The number of esters is 1. The smallest absolute Gasteiger partial charge is 0.320 e. The SMILES string of the molecule is CC1C2CCCCC1CN(CC(=O)OC(C)(C)C)C2. The van der Waals surface area contributed by atoms with E-state index in [0.29, 0.717) is 6.54 Å². The Labute approximate surface area is 117 Å². The van der Waals surface area contributed by atoms with E-state index in [0.717, 1.165) is 30.8 Å². The zero-order valence-electron chi connectivity index (χ0n) is 12.9. The van der Waals surface area contributed by atoms with Crippen LogP contribution in [0, 0.1) is 17.8 Å². The fourth-order valence-electron chi connectivity index (χ4n) is 3.66. The molecule has 0 amide bonds. The van der Waals surface area contributed by atoms with Crippen LogP contribution in [0.3, 0.4) is 0 Å². The van der Waals surface area contributed by atoms with Crippen molar-refractivity contribution < 1.29 is 9.53 Å². The summed E-state index contributed by atoms with van der Waals surface area (Å²) >= 11 is 0. The van der Waals surface area contributed by atoms with Crippen molar-refractivity contribution in [2.24, 2.45) is 17.8 Å². The molecule has 19 heavy (non-hydrogen) atoms. The molecule has 0 aromatic carbocycles. The topological polar surface area (TPSA) is 29.5 Å². The number of rotatable bonds is 2. The Balaban J connectivity index is 1.90. The van der Waals surface area contributed by atoms with Crippen LogP contribution in [0.2, 0.25) is 0 Å². The number of ether oxygens (including phenoxy) is 1. The Morgan fingerprint density at radius 2 is 1.68 bits per heavy atom. The van der Waals surface area contributed by atoms with Crippen molar-refractivity contribution in [3.63, 3.8) is 0 Å². The van der Waals surface area contributed by atoms with Crippen LogP contribution in [0.25, 0.3) is 0 Å². The Hall–Kier alpha value is -0.570. The van der Waals surface area contributed by atoms with Gasteiger partial charge in [-0.1, -0.05) is 19.8 Å². The second kappa shape index (κ2) is 5.82. The van der Waals surface area contributed by atoms with Crippen LogP contribution >= 0.6 is 0 Å². The highest BCUT2D eigenvalue weighted by Crippen LogP contribution is 2.37. The lowest BCUT2D eigenvalue weighted by molar-refractivity contribution is -0.157. The summed E-state index contributed by atoms with van der Waals surface area (Å²) < 4.78 is 5.44. The molecule has 0 aromatic heterocycles. The highest BCUT2D eigenvalue weighted by atomic mass is 16.6. The molecule has 1 saturated carbocycles. The van der Waals surface area contributed by atoms with Crippen molar-refractivity contribution in [3.05, 3.63) is 0 Å². The van der Waals surface area contributed by atoms with Crippen molar-refractivity contribution in [1.29, 1.82) is 0 Å². The Bertz CT molecular complexity index is 305. The molecular formula is C16H29NO2. The number of hydrogen-bond acceptors (Lipinski definition) is 3. The number of carbonyl (C=O) groups excluding carboxylic acids is 1. The molecule has 0 aromatic rings. The van der Waals surface area contributed by atoms with Crippen LogP contribution < -0.4 is 0 Å². The zero-order chi connectivity index (χ0) is 14.0. The minimum Gasteiger partial charge on any atom is -0.459 e. The first-order chi connectivity index (χ1) is 8.85. The molecule has 110 valence electrons. The van der Waals surface area contributed by atoms with Gasteiger partial charge in [-0.3, -0.25) is 9.69 Å². The highest BCUT2D eigenvalue weighted by molar-refractivity contribution is 5.72. The molecule has 0 N–H and O–H groups in total. The minimum atomic E-state index is -0.368. The van der Waals surface area contributed by atoms with Crippen molar-refractivity contribution in [2.75, 3.05) is 19.6 Å². The van der Waals surface area contributed by atoms with E-state index in [1.165, 1.54) is 25.7 Å². The summed E-state index contributed by atoms with van der Waals surface area (Å²) in [6, 6.07) is 0. The average Bonchev–Trinajstić information content (AvgIpc) is 2.38. The molecule has 2 unspecified atom stereocenters. The lowest BCUT2D eigenvalue weighted by Crippen LogP contribution is -2.47. The molecule has 1 saturated heterocycles. The van der Waals surface area contributed by atoms with Crippen LogP contribution in [0.4, 0.5) is 0 Å². The standard InChI is InChI=1S/C16H29NO2/c1-12-13-7-5-6-8-14(12)10-17(9-13)11-15(18)19-16(2,3)4/h12-14H,5-11H2,1-4H3. The van der Waals surface area contributed by atoms with Crippen LogP contribution in [0.5, 0.6) is 0 Å². The number of piperidine rings is 1. The summed E-state index contributed by atoms with van der Waals surface area (Å²) in [4.78, 5) is 14.3. The summed E-state index contributed by atoms with van der Waals surface area (Å²) in [7, 11) is 0. The van der Waals surface area contributed by atoms with Gasteiger partial charge < -0.3 is 4.74 Å². The Morgan fingerprint density at radius 1 is 1.16 bits per heavy atom. The molecule has 1 aliphatic heterocycles. The fraction of sp³-hybridized carbons (Fsp3) is 0.938. The van der Waals surface area contributed by atoms with Crippen LogP contribution in [0.1, 0.15) is 53.4 Å². The molecule has 0 spiro atoms. The molecule has 2 atom stereocenters. The quantitative estimate of drug-likeness (QED) is 0.720. The first kappa shape index (κ1) is 14.8. The molecule has 3 nitrogen and oxygen atoms in total. The van der Waals surface area contributed by atoms with Gasteiger partial charge in [0.25, 0.3) is 0 Å². The largest absolute Gasteiger partial charge is 0.459 e. The lowest BCUT2D eigenvalue weighted by atomic mass is 9.78. The van der Waals surface area contributed by atoms with Gasteiger partial charge in [0.05, 0.1) is 6.54 Å². The van der Waals surface area contributed by atoms with Gasteiger partial charge in [-0.05, 0) is 51.4 Å². The van der Waals surface area contributed by atoms with E-state index in [-0.39, 0.29) is 11.6 Å². The van der Waals surface area contributed by atoms with Gasteiger partial charge in [-0.2, -0.15) is 0 Å². The van der Waals surface area contributed by atoms with E-state index < -0.39 is 0 Å². The Kier molecular flexibility index (Phi) is 4.54. The van der Waals surface area contributed by atoms with Crippen molar-refractivity contribution in [1.82, 2.24) is 4.90 Å². The average molecular weight is 267 g/mol. The Morgan fingerprint density at radius 3 is 2.16 bits per heavy atom. The third-order valence-electron chi connectivity index (χ3n) is 4.65. The van der Waals surface area contributed by atoms with Crippen LogP contribution in [-0.4, -0.2) is 36.1 Å². The van der Waals surface area contributed by atoms with Crippen molar-refractivity contribution in [2.45, 2.75) is 59.0 Å². The molecule has 2 aliphatic rings. The zero-order valence-corrected chi connectivity index (χ0v) is 12.9. The van der Waals surface area contributed by atoms with Crippen molar-refractivity contribution >= 4 is 5.97 Å². The third kappa shape index (κ3) is 4.20. The van der Waals surface area contributed by atoms with Gasteiger partial charge >= 0.3 is 5.97 Å². The number of hydrogen-bond donors (Lipinski definition) is 0. The van der Waals surface area contributed by atoms with E-state index in [2.05, 4.69) is 11.8 Å². The maximum atomic E-state index is 12.0. The van der Waals surface area contributed by atoms with E-state index in [1.807, 2.05) is 20.8 Å². The number of nitrogens with zero attached hydrogens (tertiary/aromatic N) is 1. The summed E-state index contributed by atoms with van der Waals surface area (Å²) in [6.45, 7) is 10.8. The molecule has 2 bridgehead atoms. The predicted octanol–water partition coefficient (Wildman–Crippen LogP) is 3.09. The third-order valence-corrected chi connectivity index (χ3v) is 4.65. The number of fused-ring (bicyclic) bond motifs is 2. The minimum absolute atomic E-state index is 0.0706. The van der Waals surface area contributed by atoms with Crippen LogP contribution in [0.15, 0.2) is 0 Å². The van der Waals surface area contributed by atoms with E-state index in [1.54, 1.807) is 0 Å². The maximum Gasteiger partial charge on any atom is 0.320 e. The van der Waals surface area contributed by atoms with E-state index in [9.17, 15) is 4.79 Å². The molecule has 2 rings (SSSR count). The van der Waals surface area contributed by atoms with E-state index in [4.69, 9.17) is 4.74 Å². The lowest BCUT2D eigenvalue weighted by Gasteiger charge is -2.41. The summed E-state index contributed by atoms with van der Waals surface area (Å²) in [5, 5.41) is 0. The molecule has 0 radical (unpaired) electrons. The summed E-state index contributed by atoms with van der Waals surface area (Å²) in [5.41, 5.74) is -0.368. The van der Waals surface area contributed by atoms with E-state index >= 15 is 0 Å². The van der Waals surface area contributed by atoms with Gasteiger partial charge in [0.1, 0.15) is 5.60 Å². The van der Waals surface area contributed by atoms with Crippen LogP contribution in [-0.2, 0) is 9.53 Å². The fourth-order valence-corrected chi connectivity index (χ4v) is 3.66. The van der Waals surface area contributed by atoms with Gasteiger partial charge in [-0.25, -0.2) is 0 Å². The second-order valence-electron chi connectivity index (χ2n) is 7.44. The van der Waals surface area contributed by atoms with Gasteiger partial charge in [0.15, 0.2) is 0 Å². The monoisotopic (exact) mass is 267 g/mol.